The lowest BCUT2D eigenvalue weighted by molar-refractivity contribution is -0.127. The largest absolute Gasteiger partial charge is 0.493 e. The van der Waals surface area contributed by atoms with Crippen molar-refractivity contribution in [2.45, 2.75) is 32.4 Å². The summed E-state index contributed by atoms with van der Waals surface area (Å²) in [7, 11) is 1.66. The Morgan fingerprint density at radius 2 is 1.89 bits per heavy atom. The molecule has 1 N–H and O–H groups in total. The number of halogens is 1. The van der Waals surface area contributed by atoms with Gasteiger partial charge in [-0.15, -0.1) is 12.4 Å². The van der Waals surface area contributed by atoms with E-state index in [1.807, 2.05) is 47.4 Å². The fourth-order valence-corrected chi connectivity index (χ4v) is 3.24. The number of amides is 1. The number of methoxy groups -OCH3 is 1. The third-order valence-corrected chi connectivity index (χ3v) is 4.75. The molecule has 1 amide bonds. The van der Waals surface area contributed by atoms with E-state index in [0.717, 1.165) is 61.6 Å². The third kappa shape index (κ3) is 6.43. The van der Waals surface area contributed by atoms with Crippen molar-refractivity contribution < 1.29 is 14.3 Å². The topological polar surface area (TPSA) is 50.8 Å². The van der Waals surface area contributed by atoms with Gasteiger partial charge in [-0.05, 0) is 42.6 Å². The molecule has 1 saturated heterocycles. The van der Waals surface area contributed by atoms with Gasteiger partial charge in [-0.25, -0.2) is 0 Å². The first-order valence-corrected chi connectivity index (χ1v) is 9.58. The van der Waals surface area contributed by atoms with Gasteiger partial charge < -0.3 is 19.7 Å². The molecule has 0 saturated carbocycles. The van der Waals surface area contributed by atoms with Gasteiger partial charge in [-0.1, -0.05) is 36.4 Å². The summed E-state index contributed by atoms with van der Waals surface area (Å²) in [6.45, 7) is 3.94. The van der Waals surface area contributed by atoms with E-state index in [0.29, 0.717) is 18.9 Å². The number of nitrogens with one attached hydrogen (secondary N) is 1. The number of carbonyl (C=O) groups is 1. The van der Waals surface area contributed by atoms with Gasteiger partial charge in [0.05, 0.1) is 7.11 Å². The van der Waals surface area contributed by atoms with Crippen molar-refractivity contribution in [3.05, 3.63) is 59.7 Å². The number of hydrogen-bond donors (Lipinski definition) is 1. The summed E-state index contributed by atoms with van der Waals surface area (Å²) in [5.74, 6) is 1.79. The molecule has 1 aliphatic heterocycles. The van der Waals surface area contributed by atoms with Crippen LogP contribution in [0.1, 0.15) is 30.4 Å². The maximum Gasteiger partial charge on any atom is 0.222 e. The van der Waals surface area contributed by atoms with Gasteiger partial charge in [-0.3, -0.25) is 4.79 Å². The molecule has 5 nitrogen and oxygen atoms in total. The van der Waals surface area contributed by atoms with Crippen LogP contribution in [0.25, 0.3) is 0 Å². The van der Waals surface area contributed by atoms with Crippen LogP contribution < -0.4 is 14.8 Å². The summed E-state index contributed by atoms with van der Waals surface area (Å²) in [6.07, 6.45) is 2.69. The fourth-order valence-electron chi connectivity index (χ4n) is 3.24. The predicted octanol–water partition coefficient (Wildman–Crippen LogP) is 3.80. The average Bonchev–Trinajstić information content (AvgIpc) is 3.12. The van der Waals surface area contributed by atoms with Crippen molar-refractivity contribution in [2.75, 3.05) is 26.7 Å². The lowest BCUT2D eigenvalue weighted by Crippen LogP contribution is -2.28. The fraction of sp³-hybridized carbons (Fsp3) is 0.409. The number of hydrogen-bond acceptors (Lipinski definition) is 4. The molecule has 1 heterocycles. The number of rotatable bonds is 10. The lowest BCUT2D eigenvalue weighted by atomic mass is 10.2. The molecule has 0 aliphatic carbocycles. The molecule has 3 rings (SSSR count). The van der Waals surface area contributed by atoms with Gasteiger partial charge in [0.2, 0.25) is 5.91 Å². The van der Waals surface area contributed by atoms with E-state index in [9.17, 15) is 4.79 Å². The minimum atomic E-state index is 0. The van der Waals surface area contributed by atoms with E-state index in [-0.39, 0.29) is 12.4 Å². The number of carbonyl (C=O) groups excluding carboxylic acids is 1. The Hall–Kier alpha value is -2.24. The van der Waals surface area contributed by atoms with Crippen LogP contribution in [-0.4, -0.2) is 37.6 Å². The van der Waals surface area contributed by atoms with E-state index in [1.165, 1.54) is 0 Å². The first kappa shape index (κ1) is 22.1. The van der Waals surface area contributed by atoms with Crippen LogP contribution in [0.3, 0.4) is 0 Å². The second kappa shape index (κ2) is 11.6. The third-order valence-electron chi connectivity index (χ3n) is 4.75. The number of benzene rings is 2. The maximum absolute atomic E-state index is 11.6. The van der Waals surface area contributed by atoms with Crippen LogP contribution in [0.5, 0.6) is 11.5 Å². The van der Waals surface area contributed by atoms with Gasteiger partial charge in [0.1, 0.15) is 6.61 Å². The first-order valence-electron chi connectivity index (χ1n) is 9.58. The highest BCUT2D eigenvalue weighted by atomic mass is 35.5. The van der Waals surface area contributed by atoms with E-state index in [1.54, 1.807) is 7.11 Å². The molecule has 0 atom stereocenters. The Kier molecular flexibility index (Phi) is 9.11. The van der Waals surface area contributed by atoms with E-state index in [4.69, 9.17) is 9.47 Å². The molecule has 0 radical (unpaired) electrons. The van der Waals surface area contributed by atoms with Gasteiger partial charge in [0.15, 0.2) is 11.5 Å². The highest BCUT2D eigenvalue weighted by Crippen LogP contribution is 2.28. The minimum Gasteiger partial charge on any atom is -0.493 e. The van der Waals surface area contributed by atoms with Crippen LogP contribution in [0.4, 0.5) is 0 Å². The van der Waals surface area contributed by atoms with E-state index < -0.39 is 0 Å². The molecule has 1 aliphatic rings. The molecule has 0 unspecified atom stereocenters. The van der Waals surface area contributed by atoms with Gasteiger partial charge in [0.25, 0.3) is 0 Å². The molecule has 6 heteroatoms. The summed E-state index contributed by atoms with van der Waals surface area (Å²) >= 11 is 0. The van der Waals surface area contributed by atoms with Crippen molar-refractivity contribution in [3.63, 3.8) is 0 Å². The molecule has 28 heavy (non-hydrogen) atoms. The van der Waals surface area contributed by atoms with Crippen molar-refractivity contribution >= 4 is 18.3 Å². The molecule has 2 aromatic rings. The molecule has 0 aromatic heterocycles. The van der Waals surface area contributed by atoms with Crippen LogP contribution in [0.15, 0.2) is 48.5 Å². The standard InChI is InChI=1S/C22H28N2O3.ClH/c1-26-21-15-19(16-23-12-6-14-24-13-5-9-22(24)25)10-11-20(21)27-17-18-7-3-2-4-8-18;/h2-4,7-8,10-11,15,23H,5-6,9,12-14,16-17H2,1H3;1H. The normalized spacial score (nSPS) is 13.3. The highest BCUT2D eigenvalue weighted by Gasteiger charge is 2.18. The van der Waals surface area contributed by atoms with E-state index in [2.05, 4.69) is 11.4 Å². The zero-order valence-corrected chi connectivity index (χ0v) is 17.2. The number of ether oxygens (including phenoxy) is 2. The van der Waals surface area contributed by atoms with Crippen LogP contribution >= 0.6 is 12.4 Å². The molecule has 1 fully saturated rings. The quantitative estimate of drug-likeness (QED) is 0.612. The molecule has 2 aromatic carbocycles. The average molecular weight is 405 g/mol. The SMILES string of the molecule is COc1cc(CNCCCN2CCCC2=O)ccc1OCc1ccccc1.Cl. The number of nitrogens with zero attached hydrogens (tertiary/aromatic N) is 1. The summed E-state index contributed by atoms with van der Waals surface area (Å²) in [5, 5.41) is 3.43. The monoisotopic (exact) mass is 404 g/mol. The molecule has 152 valence electrons. The summed E-state index contributed by atoms with van der Waals surface area (Å²) in [6, 6.07) is 16.1. The van der Waals surface area contributed by atoms with Gasteiger partial charge in [-0.2, -0.15) is 0 Å². The predicted molar refractivity (Wildman–Crippen MR) is 113 cm³/mol. The van der Waals surface area contributed by atoms with Crippen molar-refractivity contribution in [1.29, 1.82) is 0 Å². The van der Waals surface area contributed by atoms with Crippen molar-refractivity contribution in [1.82, 2.24) is 10.2 Å². The molecule has 0 spiro atoms. The van der Waals surface area contributed by atoms with Crippen LogP contribution in [0, 0.1) is 0 Å². The smallest absolute Gasteiger partial charge is 0.222 e. The van der Waals surface area contributed by atoms with Crippen molar-refractivity contribution in [2.24, 2.45) is 0 Å². The van der Waals surface area contributed by atoms with Crippen LogP contribution in [0.2, 0.25) is 0 Å². The zero-order valence-electron chi connectivity index (χ0n) is 16.4. The summed E-state index contributed by atoms with van der Waals surface area (Å²) < 4.78 is 11.4. The Morgan fingerprint density at radius 1 is 1.07 bits per heavy atom. The Labute approximate surface area is 173 Å². The maximum atomic E-state index is 11.6. The lowest BCUT2D eigenvalue weighted by Gasteiger charge is -2.15. The molecular weight excluding hydrogens is 376 g/mol. The first-order chi connectivity index (χ1) is 13.3. The Balaban J connectivity index is 0.00000280. The van der Waals surface area contributed by atoms with Crippen LogP contribution in [-0.2, 0) is 17.9 Å². The molecular formula is C22H29ClN2O3. The Bertz CT molecular complexity index is 740. The summed E-state index contributed by atoms with van der Waals surface area (Å²) in [5.41, 5.74) is 2.28. The number of likely N-dealkylation sites (tertiary alicyclic amines) is 1. The van der Waals surface area contributed by atoms with Crippen molar-refractivity contribution in [3.8, 4) is 11.5 Å². The Morgan fingerprint density at radius 3 is 2.61 bits per heavy atom. The second-order valence-corrected chi connectivity index (χ2v) is 6.77. The van der Waals surface area contributed by atoms with E-state index >= 15 is 0 Å². The minimum absolute atomic E-state index is 0. The highest BCUT2D eigenvalue weighted by molar-refractivity contribution is 5.85. The molecule has 0 bridgehead atoms. The summed E-state index contributed by atoms with van der Waals surface area (Å²) in [4.78, 5) is 13.5. The zero-order chi connectivity index (χ0) is 18.9. The second-order valence-electron chi connectivity index (χ2n) is 6.77. The van der Waals surface area contributed by atoms with Gasteiger partial charge >= 0.3 is 0 Å². The van der Waals surface area contributed by atoms with Gasteiger partial charge in [0, 0.05) is 26.1 Å².